The molecule has 142 valence electrons. The molecule has 0 fully saturated rings. The minimum Gasteiger partial charge on any atom is -0.382 e. The molecular weight excluding hydrogens is 433 g/mol. The van der Waals surface area contributed by atoms with Crippen LogP contribution in [0.25, 0.3) is 0 Å². The third-order valence-corrected chi connectivity index (χ3v) is 3.45. The van der Waals surface area contributed by atoms with E-state index < -0.39 is 0 Å². The molecule has 0 radical (unpaired) electrons. The van der Waals surface area contributed by atoms with Crippen LogP contribution in [-0.2, 0) is 16.0 Å². The predicted molar refractivity (Wildman–Crippen MR) is 111 cm³/mol. The fourth-order valence-corrected chi connectivity index (χ4v) is 1.99. The van der Waals surface area contributed by atoms with E-state index in [-0.39, 0.29) is 36.4 Å². The Balaban J connectivity index is 0.00000576. The van der Waals surface area contributed by atoms with Gasteiger partial charge in [0.1, 0.15) is 0 Å². The van der Waals surface area contributed by atoms with Crippen LogP contribution in [0, 0.1) is 0 Å². The number of rotatable bonds is 10. The summed E-state index contributed by atoms with van der Waals surface area (Å²) in [7, 11) is 3.48. The number of hydrogen-bond donors (Lipinski definition) is 2. The number of carbonyl (C=O) groups is 1. The number of nitrogens with one attached hydrogen (secondary N) is 2. The molecule has 1 heterocycles. The number of pyridine rings is 1. The third-order valence-electron chi connectivity index (χ3n) is 3.45. The molecule has 1 aromatic rings. The SMILES string of the molecule is CCOCCCNC(=NC)NCC(=O)N(C)CCc1ccccn1.I. The third kappa shape index (κ3) is 10.9. The summed E-state index contributed by atoms with van der Waals surface area (Å²) in [6.45, 7) is 5.02. The van der Waals surface area contributed by atoms with Gasteiger partial charge in [-0.1, -0.05) is 6.07 Å². The molecule has 25 heavy (non-hydrogen) atoms. The maximum Gasteiger partial charge on any atom is 0.241 e. The standard InChI is InChI=1S/C17H29N5O2.HI/c1-4-24-13-7-11-20-17(18-2)21-14-16(23)22(3)12-9-15-8-5-6-10-19-15;/h5-6,8,10H,4,7,9,11-14H2,1-3H3,(H2,18,20,21);1H. The van der Waals surface area contributed by atoms with Crippen LogP contribution in [0.15, 0.2) is 29.4 Å². The van der Waals surface area contributed by atoms with Crippen molar-refractivity contribution >= 4 is 35.8 Å². The first kappa shape index (κ1) is 23.6. The molecule has 8 heteroatoms. The lowest BCUT2D eigenvalue weighted by Gasteiger charge is -2.18. The van der Waals surface area contributed by atoms with Crippen molar-refractivity contribution in [2.24, 2.45) is 4.99 Å². The topological polar surface area (TPSA) is 78.8 Å². The Kier molecular flexibility index (Phi) is 14.0. The summed E-state index contributed by atoms with van der Waals surface area (Å²) < 4.78 is 5.28. The van der Waals surface area contributed by atoms with Gasteiger partial charge < -0.3 is 20.3 Å². The van der Waals surface area contributed by atoms with Gasteiger partial charge in [-0.05, 0) is 25.5 Å². The van der Waals surface area contributed by atoms with Gasteiger partial charge in [0.25, 0.3) is 0 Å². The van der Waals surface area contributed by atoms with Crippen LogP contribution in [0.3, 0.4) is 0 Å². The van der Waals surface area contributed by atoms with E-state index in [9.17, 15) is 4.79 Å². The van der Waals surface area contributed by atoms with Gasteiger partial charge in [-0.2, -0.15) is 0 Å². The lowest BCUT2D eigenvalue weighted by molar-refractivity contribution is -0.128. The number of halogens is 1. The molecular formula is C17H30IN5O2. The van der Waals surface area contributed by atoms with Crippen LogP contribution in [0.5, 0.6) is 0 Å². The first-order chi connectivity index (χ1) is 11.7. The Bertz CT molecular complexity index is 499. The smallest absolute Gasteiger partial charge is 0.241 e. The van der Waals surface area contributed by atoms with Crippen molar-refractivity contribution in [1.82, 2.24) is 20.5 Å². The lowest BCUT2D eigenvalue weighted by Crippen LogP contribution is -2.44. The number of nitrogens with zero attached hydrogens (tertiary/aromatic N) is 3. The van der Waals surface area contributed by atoms with Gasteiger partial charge >= 0.3 is 0 Å². The summed E-state index contributed by atoms with van der Waals surface area (Å²) in [6.07, 6.45) is 3.40. The van der Waals surface area contributed by atoms with E-state index >= 15 is 0 Å². The summed E-state index contributed by atoms with van der Waals surface area (Å²) >= 11 is 0. The monoisotopic (exact) mass is 463 g/mol. The van der Waals surface area contributed by atoms with Gasteiger partial charge in [-0.3, -0.25) is 14.8 Å². The Hall–Kier alpha value is -1.42. The number of carbonyl (C=O) groups excluding carboxylic acids is 1. The maximum absolute atomic E-state index is 12.1. The van der Waals surface area contributed by atoms with Crippen molar-refractivity contribution in [3.05, 3.63) is 30.1 Å². The highest BCUT2D eigenvalue weighted by Gasteiger charge is 2.09. The minimum atomic E-state index is 0. The van der Waals surface area contributed by atoms with Crippen molar-refractivity contribution in [3.63, 3.8) is 0 Å². The van der Waals surface area contributed by atoms with E-state index in [1.54, 1.807) is 25.2 Å². The molecule has 0 saturated carbocycles. The van der Waals surface area contributed by atoms with Gasteiger partial charge in [-0.25, -0.2) is 0 Å². The average Bonchev–Trinajstić information content (AvgIpc) is 2.62. The number of ether oxygens (including phenoxy) is 1. The fraction of sp³-hybridized carbons (Fsp3) is 0.588. The largest absolute Gasteiger partial charge is 0.382 e. The van der Waals surface area contributed by atoms with Crippen molar-refractivity contribution in [2.75, 3.05) is 46.9 Å². The van der Waals surface area contributed by atoms with Crippen LogP contribution in [-0.4, -0.2) is 68.7 Å². The molecule has 0 aromatic carbocycles. The zero-order chi connectivity index (χ0) is 17.6. The van der Waals surface area contributed by atoms with Crippen LogP contribution < -0.4 is 10.6 Å². The average molecular weight is 463 g/mol. The summed E-state index contributed by atoms with van der Waals surface area (Å²) in [5.41, 5.74) is 0.983. The molecule has 0 atom stereocenters. The zero-order valence-corrected chi connectivity index (χ0v) is 17.7. The van der Waals surface area contributed by atoms with Crippen molar-refractivity contribution < 1.29 is 9.53 Å². The zero-order valence-electron chi connectivity index (χ0n) is 15.3. The summed E-state index contributed by atoms with van der Waals surface area (Å²) in [5, 5.41) is 6.19. The van der Waals surface area contributed by atoms with Gasteiger partial charge in [0.05, 0.1) is 6.54 Å². The molecule has 7 nitrogen and oxygen atoms in total. The number of aliphatic imine (C=N–C) groups is 1. The van der Waals surface area contributed by atoms with Crippen molar-refractivity contribution in [1.29, 1.82) is 0 Å². The number of guanidine groups is 1. The van der Waals surface area contributed by atoms with Gasteiger partial charge in [0, 0.05) is 58.7 Å². The van der Waals surface area contributed by atoms with E-state index in [1.807, 2.05) is 25.1 Å². The molecule has 0 aliphatic rings. The second kappa shape index (κ2) is 14.9. The highest BCUT2D eigenvalue weighted by Crippen LogP contribution is 1.96. The Morgan fingerprint density at radius 2 is 2.16 bits per heavy atom. The number of likely N-dealkylation sites (N-methyl/N-ethyl adjacent to an activating group) is 1. The van der Waals surface area contributed by atoms with Crippen molar-refractivity contribution in [2.45, 2.75) is 19.8 Å². The Morgan fingerprint density at radius 1 is 1.36 bits per heavy atom. The molecule has 0 aliphatic carbocycles. The lowest BCUT2D eigenvalue weighted by atomic mass is 10.2. The molecule has 1 aromatic heterocycles. The van der Waals surface area contributed by atoms with Gasteiger partial charge in [-0.15, -0.1) is 24.0 Å². The van der Waals surface area contributed by atoms with Gasteiger partial charge in [0.2, 0.25) is 5.91 Å². The number of amides is 1. The quantitative estimate of drug-likeness (QED) is 0.237. The van der Waals surface area contributed by atoms with Crippen LogP contribution >= 0.6 is 24.0 Å². The highest BCUT2D eigenvalue weighted by molar-refractivity contribution is 14.0. The maximum atomic E-state index is 12.1. The molecule has 0 aliphatic heterocycles. The van der Waals surface area contributed by atoms with E-state index in [1.165, 1.54) is 0 Å². The normalized spacial score (nSPS) is 10.8. The highest BCUT2D eigenvalue weighted by atomic mass is 127. The predicted octanol–water partition coefficient (Wildman–Crippen LogP) is 1.29. The number of aromatic nitrogens is 1. The van der Waals surface area contributed by atoms with Crippen molar-refractivity contribution in [3.8, 4) is 0 Å². The first-order valence-corrected chi connectivity index (χ1v) is 8.33. The van der Waals surface area contributed by atoms with Crippen LogP contribution in [0.2, 0.25) is 0 Å². The summed E-state index contributed by atoms with van der Waals surface area (Å²) in [6, 6.07) is 5.80. The molecule has 0 spiro atoms. The fourth-order valence-electron chi connectivity index (χ4n) is 1.99. The molecule has 2 N–H and O–H groups in total. The Morgan fingerprint density at radius 3 is 2.80 bits per heavy atom. The minimum absolute atomic E-state index is 0. The molecule has 1 amide bonds. The summed E-state index contributed by atoms with van der Waals surface area (Å²) in [5.74, 6) is 0.640. The van der Waals surface area contributed by atoms with Crippen LogP contribution in [0.4, 0.5) is 0 Å². The molecule has 0 bridgehead atoms. The molecule has 0 unspecified atom stereocenters. The van der Waals surface area contributed by atoms with E-state index in [0.717, 1.165) is 38.3 Å². The van der Waals surface area contributed by atoms with E-state index in [0.29, 0.717) is 12.5 Å². The summed E-state index contributed by atoms with van der Waals surface area (Å²) in [4.78, 5) is 22.2. The van der Waals surface area contributed by atoms with Gasteiger partial charge in [0.15, 0.2) is 5.96 Å². The van der Waals surface area contributed by atoms with Crippen LogP contribution in [0.1, 0.15) is 19.0 Å². The second-order valence-electron chi connectivity index (χ2n) is 5.29. The molecule has 0 saturated heterocycles. The van der Waals surface area contributed by atoms with E-state index in [2.05, 4.69) is 20.6 Å². The second-order valence-corrected chi connectivity index (χ2v) is 5.29. The first-order valence-electron chi connectivity index (χ1n) is 8.33. The van der Waals surface area contributed by atoms with E-state index in [4.69, 9.17) is 4.74 Å². The Labute approximate surface area is 167 Å². The number of hydrogen-bond acceptors (Lipinski definition) is 4. The molecule has 1 rings (SSSR count).